The number of H-pyrrole nitrogens is 1. The van der Waals surface area contributed by atoms with Crippen LogP contribution in [0.3, 0.4) is 0 Å². The first-order valence-electron chi connectivity index (χ1n) is 6.01. The predicted molar refractivity (Wildman–Crippen MR) is 86.0 cm³/mol. The predicted octanol–water partition coefficient (Wildman–Crippen LogP) is 2.65. The average molecular weight is 394 g/mol. The Morgan fingerprint density at radius 3 is 2.76 bits per heavy atom. The summed E-state index contributed by atoms with van der Waals surface area (Å²) in [5, 5.41) is 9.89. The van der Waals surface area contributed by atoms with Crippen molar-refractivity contribution in [3.05, 3.63) is 39.1 Å². The summed E-state index contributed by atoms with van der Waals surface area (Å²) in [5.74, 6) is 0. The normalized spacial score (nSPS) is 11.6. The lowest BCUT2D eigenvalue weighted by atomic mass is 10.3. The number of nitrogens with zero attached hydrogens (tertiary/aromatic N) is 1. The minimum Gasteiger partial charge on any atom is -0.314 e. The third-order valence-electron chi connectivity index (χ3n) is 2.75. The summed E-state index contributed by atoms with van der Waals surface area (Å²) < 4.78 is 28.4. The molecule has 0 radical (unpaired) electrons. The number of nitrogens with one attached hydrogen (secondary N) is 3. The van der Waals surface area contributed by atoms with Gasteiger partial charge in [-0.2, -0.15) is 5.10 Å². The monoisotopic (exact) mass is 392 g/mol. The second kappa shape index (κ2) is 6.35. The number of aromatic nitrogens is 2. The van der Waals surface area contributed by atoms with E-state index in [0.29, 0.717) is 28.6 Å². The Labute approximate surface area is 136 Å². The lowest BCUT2D eigenvalue weighted by molar-refractivity contribution is 0.598. The Kier molecular flexibility index (Phi) is 4.92. The standard InChI is InChI=1S/C12H14BrClN4O2S/c1-7-12(11(6-15-2)17-16-7)21(19,20)18-10-4-3-8(13)5-9(10)14/h3-5,15,18H,6H2,1-2H3,(H,16,17). The van der Waals surface area contributed by atoms with Crippen molar-refractivity contribution in [2.45, 2.75) is 18.4 Å². The summed E-state index contributed by atoms with van der Waals surface area (Å²) in [6.07, 6.45) is 0. The Hall–Kier alpha value is -1.09. The highest BCUT2D eigenvalue weighted by Crippen LogP contribution is 2.29. The Morgan fingerprint density at radius 1 is 1.43 bits per heavy atom. The van der Waals surface area contributed by atoms with Gasteiger partial charge in [-0.05, 0) is 32.2 Å². The summed E-state index contributed by atoms with van der Waals surface area (Å²) in [5.41, 5.74) is 1.22. The van der Waals surface area contributed by atoms with Gasteiger partial charge in [0.05, 0.1) is 22.1 Å². The van der Waals surface area contributed by atoms with Crippen LogP contribution in [0.1, 0.15) is 11.4 Å². The number of sulfonamides is 1. The molecular formula is C12H14BrClN4O2S. The van der Waals surface area contributed by atoms with Crippen molar-refractivity contribution in [3.63, 3.8) is 0 Å². The molecule has 0 atom stereocenters. The highest BCUT2D eigenvalue weighted by atomic mass is 79.9. The van der Waals surface area contributed by atoms with Crippen LogP contribution >= 0.6 is 27.5 Å². The van der Waals surface area contributed by atoms with Gasteiger partial charge in [0, 0.05) is 11.0 Å². The quantitative estimate of drug-likeness (QED) is 0.729. The smallest absolute Gasteiger partial charge is 0.265 e. The van der Waals surface area contributed by atoms with Gasteiger partial charge in [-0.1, -0.05) is 27.5 Å². The zero-order chi connectivity index (χ0) is 15.6. The van der Waals surface area contributed by atoms with E-state index in [-0.39, 0.29) is 4.90 Å². The van der Waals surface area contributed by atoms with E-state index in [1.165, 1.54) is 0 Å². The van der Waals surface area contributed by atoms with Crippen LogP contribution in [-0.2, 0) is 16.6 Å². The summed E-state index contributed by atoms with van der Waals surface area (Å²) >= 11 is 9.32. The molecule has 0 aliphatic heterocycles. The SMILES string of the molecule is CNCc1n[nH]c(C)c1S(=O)(=O)Nc1ccc(Br)cc1Cl. The van der Waals surface area contributed by atoms with Crippen LogP contribution in [0.15, 0.2) is 27.6 Å². The third-order valence-corrected chi connectivity index (χ3v) is 5.12. The van der Waals surface area contributed by atoms with Crippen LogP contribution in [0.4, 0.5) is 5.69 Å². The van der Waals surface area contributed by atoms with Crippen LogP contribution in [0.2, 0.25) is 5.02 Å². The molecule has 0 aliphatic rings. The molecule has 0 amide bonds. The molecule has 1 heterocycles. The molecule has 0 bridgehead atoms. The fourth-order valence-electron chi connectivity index (χ4n) is 1.88. The molecule has 6 nitrogen and oxygen atoms in total. The lowest BCUT2D eigenvalue weighted by Crippen LogP contribution is -2.17. The van der Waals surface area contributed by atoms with Crippen LogP contribution in [-0.4, -0.2) is 25.7 Å². The molecule has 3 N–H and O–H groups in total. The topological polar surface area (TPSA) is 86.9 Å². The minimum atomic E-state index is -3.77. The fourth-order valence-corrected chi connectivity index (χ4v) is 4.10. The van der Waals surface area contributed by atoms with Crippen LogP contribution in [0.25, 0.3) is 0 Å². The molecule has 1 aromatic heterocycles. The number of benzene rings is 1. The van der Waals surface area contributed by atoms with Gasteiger partial charge in [0.15, 0.2) is 0 Å². The average Bonchev–Trinajstić information content (AvgIpc) is 2.75. The van der Waals surface area contributed by atoms with E-state index in [9.17, 15) is 8.42 Å². The third kappa shape index (κ3) is 3.57. The van der Waals surface area contributed by atoms with Crippen LogP contribution < -0.4 is 10.0 Å². The highest BCUT2D eigenvalue weighted by Gasteiger charge is 2.24. The number of anilines is 1. The second-order valence-corrected chi connectivity index (χ2v) is 7.33. The van der Waals surface area contributed by atoms with Crippen molar-refractivity contribution >= 4 is 43.2 Å². The molecule has 0 saturated heterocycles. The summed E-state index contributed by atoms with van der Waals surface area (Å²) in [7, 11) is -2.05. The van der Waals surface area contributed by atoms with Crippen molar-refractivity contribution in [1.29, 1.82) is 0 Å². The zero-order valence-corrected chi connectivity index (χ0v) is 14.5. The Balaban J connectivity index is 2.41. The zero-order valence-electron chi connectivity index (χ0n) is 11.4. The Morgan fingerprint density at radius 2 is 2.14 bits per heavy atom. The van der Waals surface area contributed by atoms with Crippen molar-refractivity contribution in [3.8, 4) is 0 Å². The van der Waals surface area contributed by atoms with Gasteiger partial charge < -0.3 is 5.32 Å². The first-order valence-corrected chi connectivity index (χ1v) is 8.67. The molecule has 0 spiro atoms. The number of rotatable bonds is 5. The number of aryl methyl sites for hydroxylation is 1. The molecule has 114 valence electrons. The summed E-state index contributed by atoms with van der Waals surface area (Å²) in [6, 6.07) is 4.92. The van der Waals surface area contributed by atoms with Gasteiger partial charge in [0.25, 0.3) is 10.0 Å². The molecule has 0 saturated carbocycles. The maximum Gasteiger partial charge on any atom is 0.265 e. The first-order chi connectivity index (χ1) is 9.85. The van der Waals surface area contributed by atoms with Crippen molar-refractivity contribution < 1.29 is 8.42 Å². The maximum absolute atomic E-state index is 12.5. The first kappa shape index (κ1) is 16.3. The largest absolute Gasteiger partial charge is 0.314 e. The number of halogens is 2. The molecule has 0 fully saturated rings. The van der Waals surface area contributed by atoms with Gasteiger partial charge in [-0.25, -0.2) is 8.42 Å². The molecule has 0 aliphatic carbocycles. The van der Waals surface area contributed by atoms with Gasteiger partial charge in [0.1, 0.15) is 4.90 Å². The summed E-state index contributed by atoms with van der Waals surface area (Å²) in [4.78, 5) is 0.135. The lowest BCUT2D eigenvalue weighted by Gasteiger charge is -2.10. The van der Waals surface area contributed by atoms with Crippen LogP contribution in [0, 0.1) is 6.92 Å². The molecule has 21 heavy (non-hydrogen) atoms. The Bertz CT molecular complexity index is 761. The van der Waals surface area contributed by atoms with Gasteiger partial charge in [0.2, 0.25) is 0 Å². The molecule has 0 unspecified atom stereocenters. The number of hydrogen-bond donors (Lipinski definition) is 3. The van der Waals surface area contributed by atoms with E-state index in [1.54, 1.807) is 32.2 Å². The van der Waals surface area contributed by atoms with E-state index >= 15 is 0 Å². The number of hydrogen-bond acceptors (Lipinski definition) is 4. The molecule has 9 heteroatoms. The van der Waals surface area contributed by atoms with E-state index in [2.05, 4.69) is 36.2 Å². The molecular weight excluding hydrogens is 380 g/mol. The summed E-state index contributed by atoms with van der Waals surface area (Å²) in [6.45, 7) is 2.00. The van der Waals surface area contributed by atoms with Crippen molar-refractivity contribution in [2.75, 3.05) is 11.8 Å². The van der Waals surface area contributed by atoms with E-state index < -0.39 is 10.0 Å². The van der Waals surface area contributed by atoms with Gasteiger partial charge in [-0.15, -0.1) is 0 Å². The second-order valence-electron chi connectivity index (χ2n) is 4.38. The maximum atomic E-state index is 12.5. The van der Waals surface area contributed by atoms with Gasteiger partial charge >= 0.3 is 0 Å². The van der Waals surface area contributed by atoms with Crippen molar-refractivity contribution in [1.82, 2.24) is 15.5 Å². The highest BCUT2D eigenvalue weighted by molar-refractivity contribution is 9.10. The van der Waals surface area contributed by atoms with E-state index in [4.69, 9.17) is 11.6 Å². The molecule has 2 aromatic rings. The van der Waals surface area contributed by atoms with E-state index in [1.807, 2.05) is 0 Å². The fraction of sp³-hybridized carbons (Fsp3) is 0.250. The van der Waals surface area contributed by atoms with Crippen molar-refractivity contribution in [2.24, 2.45) is 0 Å². The molecule has 2 rings (SSSR count). The van der Waals surface area contributed by atoms with Gasteiger partial charge in [-0.3, -0.25) is 9.82 Å². The van der Waals surface area contributed by atoms with Crippen LogP contribution in [0.5, 0.6) is 0 Å². The van der Waals surface area contributed by atoms with E-state index in [0.717, 1.165) is 4.47 Å². The minimum absolute atomic E-state index is 0.135. The number of aromatic amines is 1. The molecule has 1 aromatic carbocycles.